The van der Waals surface area contributed by atoms with Crippen molar-refractivity contribution in [3.8, 4) is 0 Å². The molecule has 3 heteroatoms. The molecular formula is C19H30N2O. The highest BCUT2D eigenvalue weighted by molar-refractivity contribution is 5.76. The molecule has 1 saturated heterocycles. The molecule has 1 aromatic carbocycles. The minimum Gasteiger partial charge on any atom is -0.349 e. The lowest BCUT2D eigenvalue weighted by molar-refractivity contribution is -0.123. The van der Waals surface area contributed by atoms with Crippen molar-refractivity contribution in [2.24, 2.45) is 5.92 Å². The number of piperidine rings is 1. The highest BCUT2D eigenvalue weighted by atomic mass is 16.1. The summed E-state index contributed by atoms with van der Waals surface area (Å²) in [5.74, 6) is 0.757. The fraction of sp³-hybridized carbons (Fsp3) is 0.632. The van der Waals surface area contributed by atoms with E-state index in [4.69, 9.17) is 0 Å². The van der Waals surface area contributed by atoms with Gasteiger partial charge in [0.25, 0.3) is 0 Å². The molecule has 1 atom stereocenters. The van der Waals surface area contributed by atoms with Crippen molar-refractivity contribution >= 4 is 5.91 Å². The van der Waals surface area contributed by atoms with E-state index < -0.39 is 0 Å². The second kappa shape index (κ2) is 7.77. The van der Waals surface area contributed by atoms with Gasteiger partial charge in [-0.15, -0.1) is 0 Å². The first-order valence-electron chi connectivity index (χ1n) is 8.54. The lowest BCUT2D eigenvalue weighted by Crippen LogP contribution is -2.34. The fourth-order valence-corrected chi connectivity index (χ4v) is 3.18. The molecule has 1 amide bonds. The molecule has 0 saturated carbocycles. The van der Waals surface area contributed by atoms with Crippen molar-refractivity contribution in [3.05, 3.63) is 34.9 Å². The molecule has 0 unspecified atom stereocenters. The van der Waals surface area contributed by atoms with Crippen LogP contribution in [0.4, 0.5) is 0 Å². The molecule has 1 aliphatic heterocycles. The van der Waals surface area contributed by atoms with E-state index in [1.165, 1.54) is 16.7 Å². The van der Waals surface area contributed by atoms with Gasteiger partial charge in [0, 0.05) is 6.42 Å². The van der Waals surface area contributed by atoms with Gasteiger partial charge in [0.05, 0.1) is 6.04 Å². The van der Waals surface area contributed by atoms with E-state index in [-0.39, 0.29) is 11.9 Å². The molecule has 1 heterocycles. The van der Waals surface area contributed by atoms with Crippen LogP contribution in [-0.4, -0.2) is 30.9 Å². The van der Waals surface area contributed by atoms with Crippen molar-refractivity contribution in [2.75, 3.05) is 20.1 Å². The van der Waals surface area contributed by atoms with Crippen molar-refractivity contribution in [2.45, 2.75) is 52.5 Å². The van der Waals surface area contributed by atoms with E-state index in [1.54, 1.807) is 0 Å². The largest absolute Gasteiger partial charge is 0.349 e. The van der Waals surface area contributed by atoms with Crippen LogP contribution >= 0.6 is 0 Å². The Morgan fingerprint density at radius 3 is 2.55 bits per heavy atom. The number of aryl methyl sites for hydroxylation is 2. The molecule has 1 aromatic rings. The van der Waals surface area contributed by atoms with Gasteiger partial charge in [-0.3, -0.25) is 4.79 Å². The monoisotopic (exact) mass is 302 g/mol. The maximum atomic E-state index is 12.4. The minimum absolute atomic E-state index is 0.137. The molecule has 0 spiro atoms. The molecule has 22 heavy (non-hydrogen) atoms. The molecule has 0 radical (unpaired) electrons. The number of carbonyl (C=O) groups is 1. The van der Waals surface area contributed by atoms with Crippen molar-refractivity contribution < 1.29 is 4.79 Å². The third kappa shape index (κ3) is 4.57. The Labute approximate surface area is 135 Å². The molecule has 3 nitrogen and oxygen atoms in total. The second-order valence-corrected chi connectivity index (χ2v) is 6.82. The summed E-state index contributed by atoms with van der Waals surface area (Å²) in [6, 6.07) is 6.64. The number of rotatable bonds is 5. The predicted octanol–water partition coefficient (Wildman–Crippen LogP) is 3.60. The molecular weight excluding hydrogens is 272 g/mol. The van der Waals surface area contributed by atoms with E-state index in [0.717, 1.165) is 32.4 Å². The zero-order chi connectivity index (χ0) is 16.1. The quantitative estimate of drug-likeness (QED) is 0.901. The smallest absolute Gasteiger partial charge is 0.220 e. The Hall–Kier alpha value is -1.35. The molecule has 0 aromatic heterocycles. The van der Waals surface area contributed by atoms with Crippen molar-refractivity contribution in [1.29, 1.82) is 0 Å². The van der Waals surface area contributed by atoms with Crippen LogP contribution < -0.4 is 5.32 Å². The number of hydrogen-bond acceptors (Lipinski definition) is 2. The molecule has 0 aliphatic carbocycles. The van der Waals surface area contributed by atoms with Gasteiger partial charge in [0.2, 0.25) is 5.91 Å². The summed E-state index contributed by atoms with van der Waals surface area (Å²) >= 11 is 0. The molecule has 0 bridgehead atoms. The van der Waals surface area contributed by atoms with E-state index in [1.807, 2.05) is 0 Å². The number of likely N-dealkylation sites (tertiary alicyclic amines) is 1. The number of hydrogen-bond donors (Lipinski definition) is 1. The minimum atomic E-state index is 0.137. The van der Waals surface area contributed by atoms with Crippen LogP contribution in [0.15, 0.2) is 18.2 Å². The summed E-state index contributed by atoms with van der Waals surface area (Å²) in [4.78, 5) is 14.7. The predicted molar refractivity (Wildman–Crippen MR) is 91.9 cm³/mol. The van der Waals surface area contributed by atoms with E-state index >= 15 is 0 Å². The molecule has 1 N–H and O–H groups in total. The van der Waals surface area contributed by atoms with Crippen LogP contribution in [0.5, 0.6) is 0 Å². The average molecular weight is 302 g/mol. The normalized spacial score (nSPS) is 18.2. The lowest BCUT2D eigenvalue weighted by atomic mass is 9.93. The standard InChI is InChI=1S/C19H30N2O/c1-5-18(17-7-6-14(2)15(3)12-17)20-19(22)13-16-8-10-21(4)11-9-16/h6-7,12,16,18H,5,8-11,13H2,1-4H3,(H,20,22)/t18-/m0/s1. The highest BCUT2D eigenvalue weighted by Crippen LogP contribution is 2.22. The summed E-state index contributed by atoms with van der Waals surface area (Å²) in [5, 5.41) is 3.24. The Morgan fingerprint density at radius 1 is 1.27 bits per heavy atom. The van der Waals surface area contributed by atoms with Gasteiger partial charge in [0.1, 0.15) is 0 Å². The molecule has 1 fully saturated rings. The summed E-state index contributed by atoms with van der Waals surface area (Å²) < 4.78 is 0. The van der Waals surface area contributed by atoms with E-state index in [9.17, 15) is 4.79 Å². The maximum Gasteiger partial charge on any atom is 0.220 e. The Kier molecular flexibility index (Phi) is 6.01. The molecule has 1 aliphatic rings. The van der Waals surface area contributed by atoms with Gasteiger partial charge in [0.15, 0.2) is 0 Å². The summed E-state index contributed by atoms with van der Waals surface area (Å²) in [5.41, 5.74) is 3.82. The van der Waals surface area contributed by atoms with Gasteiger partial charge in [-0.2, -0.15) is 0 Å². The Balaban J connectivity index is 1.91. The number of amides is 1. The van der Waals surface area contributed by atoms with E-state index in [0.29, 0.717) is 12.3 Å². The van der Waals surface area contributed by atoms with Crippen molar-refractivity contribution in [1.82, 2.24) is 10.2 Å². The van der Waals surface area contributed by atoms with Crippen LogP contribution in [0, 0.1) is 19.8 Å². The number of carbonyl (C=O) groups excluding carboxylic acids is 1. The highest BCUT2D eigenvalue weighted by Gasteiger charge is 2.21. The Bertz CT molecular complexity index is 504. The number of nitrogens with one attached hydrogen (secondary N) is 1. The van der Waals surface area contributed by atoms with Crippen LogP contribution in [0.25, 0.3) is 0 Å². The topological polar surface area (TPSA) is 32.3 Å². The fourth-order valence-electron chi connectivity index (χ4n) is 3.18. The summed E-state index contributed by atoms with van der Waals surface area (Å²) in [7, 11) is 2.16. The van der Waals surface area contributed by atoms with Gasteiger partial charge in [-0.1, -0.05) is 25.1 Å². The second-order valence-electron chi connectivity index (χ2n) is 6.82. The van der Waals surface area contributed by atoms with Gasteiger partial charge in [-0.25, -0.2) is 0 Å². The first-order valence-corrected chi connectivity index (χ1v) is 8.54. The summed E-state index contributed by atoms with van der Waals surface area (Å²) in [6.45, 7) is 8.62. The molecule has 122 valence electrons. The third-order valence-corrected chi connectivity index (χ3v) is 4.99. The first kappa shape index (κ1) is 17.0. The van der Waals surface area contributed by atoms with Crippen LogP contribution in [0.1, 0.15) is 55.3 Å². The lowest BCUT2D eigenvalue weighted by Gasteiger charge is -2.29. The maximum absolute atomic E-state index is 12.4. The van der Waals surface area contributed by atoms with Crippen LogP contribution in [0.3, 0.4) is 0 Å². The Morgan fingerprint density at radius 2 is 1.95 bits per heavy atom. The van der Waals surface area contributed by atoms with Crippen LogP contribution in [-0.2, 0) is 4.79 Å². The number of nitrogens with zero attached hydrogens (tertiary/aromatic N) is 1. The zero-order valence-corrected chi connectivity index (χ0v) is 14.5. The summed E-state index contributed by atoms with van der Waals surface area (Å²) in [6.07, 6.45) is 3.89. The molecule has 2 rings (SSSR count). The zero-order valence-electron chi connectivity index (χ0n) is 14.5. The number of benzene rings is 1. The average Bonchev–Trinajstić information content (AvgIpc) is 2.50. The van der Waals surface area contributed by atoms with Crippen molar-refractivity contribution in [3.63, 3.8) is 0 Å². The van der Waals surface area contributed by atoms with Gasteiger partial charge < -0.3 is 10.2 Å². The van der Waals surface area contributed by atoms with Gasteiger partial charge >= 0.3 is 0 Å². The third-order valence-electron chi connectivity index (χ3n) is 4.99. The SMILES string of the molecule is CC[C@H](NC(=O)CC1CCN(C)CC1)c1ccc(C)c(C)c1. The van der Waals surface area contributed by atoms with E-state index in [2.05, 4.69) is 56.2 Å². The van der Waals surface area contributed by atoms with Gasteiger partial charge in [-0.05, 0) is 75.9 Å². The van der Waals surface area contributed by atoms with Crippen LogP contribution in [0.2, 0.25) is 0 Å². The first-order chi connectivity index (χ1) is 10.5.